The number of sulfonamides is 1. The van der Waals surface area contributed by atoms with E-state index in [1.807, 2.05) is 31.2 Å². The normalized spacial score (nSPS) is 19.5. The molecular weight excluding hydrogens is 350 g/mol. The quantitative estimate of drug-likeness (QED) is 0.776. The summed E-state index contributed by atoms with van der Waals surface area (Å²) in [6.45, 7) is 1.96. The van der Waals surface area contributed by atoms with E-state index in [1.165, 1.54) is 18.2 Å². The first-order valence-electron chi connectivity index (χ1n) is 7.26. The van der Waals surface area contributed by atoms with Crippen molar-refractivity contribution in [2.24, 2.45) is 5.14 Å². The molecule has 1 aliphatic rings. The molecule has 0 radical (unpaired) electrons. The number of carbonyl (C=O) groups is 1. The highest BCUT2D eigenvalue weighted by Gasteiger charge is 2.30. The molecule has 1 heterocycles. The molecule has 0 fully saturated rings. The molecule has 0 bridgehead atoms. The van der Waals surface area contributed by atoms with Crippen LogP contribution in [0.2, 0.25) is 5.02 Å². The minimum absolute atomic E-state index is 0.0105. The van der Waals surface area contributed by atoms with Gasteiger partial charge in [-0.1, -0.05) is 29.8 Å². The number of amides is 1. The van der Waals surface area contributed by atoms with E-state index in [0.717, 1.165) is 11.3 Å². The highest BCUT2D eigenvalue weighted by Crippen LogP contribution is 2.34. The Bertz CT molecular complexity index is 915. The lowest BCUT2D eigenvalue weighted by atomic mass is 10.0. The number of anilines is 1. The molecule has 2 aromatic rings. The van der Waals surface area contributed by atoms with Crippen molar-refractivity contribution in [1.29, 1.82) is 0 Å². The van der Waals surface area contributed by atoms with Gasteiger partial charge in [0.1, 0.15) is 4.90 Å². The molecule has 0 saturated heterocycles. The van der Waals surface area contributed by atoms with Crippen LogP contribution in [0.25, 0.3) is 0 Å². The van der Waals surface area contributed by atoms with Crippen molar-refractivity contribution >= 4 is 33.2 Å². The summed E-state index contributed by atoms with van der Waals surface area (Å²) in [6, 6.07) is 11.5. The molecule has 3 rings (SSSR count). The van der Waals surface area contributed by atoms with Crippen LogP contribution in [0, 0.1) is 0 Å². The molecule has 0 spiro atoms. The number of nitrogens with two attached hydrogens (primary N) is 1. The second kappa shape index (κ2) is 6.08. The fraction of sp³-hybridized carbons (Fsp3) is 0.188. The highest BCUT2D eigenvalue weighted by atomic mass is 35.5. The maximum absolute atomic E-state index is 12.5. The Kier molecular flexibility index (Phi) is 4.25. The van der Waals surface area contributed by atoms with Crippen molar-refractivity contribution < 1.29 is 13.2 Å². The molecule has 1 aliphatic heterocycles. The number of para-hydroxylation sites is 1. The smallest absolute Gasteiger partial charge is 0.251 e. The number of carbonyl (C=O) groups excluding carboxylic acids is 1. The first kappa shape index (κ1) is 16.8. The average molecular weight is 366 g/mol. The first-order valence-corrected chi connectivity index (χ1v) is 9.18. The van der Waals surface area contributed by atoms with Crippen LogP contribution in [0.5, 0.6) is 0 Å². The molecule has 126 valence electrons. The zero-order chi connectivity index (χ0) is 17.5. The van der Waals surface area contributed by atoms with Crippen molar-refractivity contribution in [2.45, 2.75) is 23.9 Å². The van der Waals surface area contributed by atoms with Gasteiger partial charge in [0, 0.05) is 17.3 Å². The Hall–Kier alpha value is -2.09. The van der Waals surface area contributed by atoms with Gasteiger partial charge in [-0.3, -0.25) is 4.79 Å². The van der Waals surface area contributed by atoms with E-state index in [0.29, 0.717) is 0 Å². The number of hydrogen-bond acceptors (Lipinski definition) is 4. The number of nitrogens with one attached hydrogen (secondary N) is 2. The van der Waals surface area contributed by atoms with Crippen LogP contribution in [0.4, 0.5) is 5.69 Å². The highest BCUT2D eigenvalue weighted by molar-refractivity contribution is 7.89. The lowest BCUT2D eigenvalue weighted by molar-refractivity contribution is 0.0934. The largest absolute Gasteiger partial charge is 0.380 e. The van der Waals surface area contributed by atoms with Gasteiger partial charge in [-0.2, -0.15) is 0 Å². The minimum Gasteiger partial charge on any atom is -0.380 e. The Morgan fingerprint density at radius 1 is 1.25 bits per heavy atom. The molecule has 24 heavy (non-hydrogen) atoms. The molecule has 0 saturated carbocycles. The van der Waals surface area contributed by atoms with Crippen molar-refractivity contribution in [2.75, 3.05) is 5.32 Å². The van der Waals surface area contributed by atoms with Gasteiger partial charge in [0.25, 0.3) is 5.91 Å². The van der Waals surface area contributed by atoms with E-state index in [2.05, 4.69) is 10.6 Å². The van der Waals surface area contributed by atoms with Crippen LogP contribution in [-0.2, 0) is 10.0 Å². The van der Waals surface area contributed by atoms with Crippen molar-refractivity contribution in [3.63, 3.8) is 0 Å². The number of fused-ring (bicyclic) bond motifs is 1. The Labute approximate surface area is 145 Å². The molecule has 6 nitrogen and oxygen atoms in total. The lowest BCUT2D eigenvalue weighted by Crippen LogP contribution is -2.34. The molecule has 0 aliphatic carbocycles. The molecule has 2 atom stereocenters. The Balaban J connectivity index is 1.89. The second-order valence-corrected chi connectivity index (χ2v) is 7.60. The molecule has 0 unspecified atom stereocenters. The number of primary sulfonamides is 1. The predicted molar refractivity (Wildman–Crippen MR) is 92.6 cm³/mol. The van der Waals surface area contributed by atoms with Crippen molar-refractivity contribution in [3.8, 4) is 0 Å². The van der Waals surface area contributed by atoms with Crippen LogP contribution >= 0.6 is 11.6 Å². The second-order valence-electron chi connectivity index (χ2n) is 5.66. The fourth-order valence-electron chi connectivity index (χ4n) is 2.79. The zero-order valence-corrected chi connectivity index (χ0v) is 14.4. The zero-order valence-electron chi connectivity index (χ0n) is 12.8. The summed E-state index contributed by atoms with van der Waals surface area (Å²) in [5.41, 5.74) is 2.13. The SMILES string of the molecule is C[C@H]1Nc2ccccc2[C@H]1NC(=O)c1ccc(Cl)c(S(N)(=O)=O)c1. The number of rotatable bonds is 3. The third-order valence-corrected chi connectivity index (χ3v) is 5.36. The van der Waals surface area contributed by atoms with Crippen molar-refractivity contribution in [3.05, 3.63) is 58.6 Å². The number of benzene rings is 2. The summed E-state index contributed by atoms with van der Waals surface area (Å²) < 4.78 is 23.1. The van der Waals surface area contributed by atoms with Crippen LogP contribution in [0.15, 0.2) is 47.4 Å². The summed E-state index contributed by atoms with van der Waals surface area (Å²) in [7, 11) is -4.00. The van der Waals surface area contributed by atoms with Gasteiger partial charge in [0.15, 0.2) is 0 Å². The summed E-state index contributed by atoms with van der Waals surface area (Å²) >= 11 is 5.85. The predicted octanol–water partition coefficient (Wildman–Crippen LogP) is 2.27. The monoisotopic (exact) mass is 365 g/mol. The number of hydrogen-bond donors (Lipinski definition) is 3. The van der Waals surface area contributed by atoms with Crippen LogP contribution in [0.3, 0.4) is 0 Å². The maximum Gasteiger partial charge on any atom is 0.251 e. The summed E-state index contributed by atoms with van der Waals surface area (Å²) in [5, 5.41) is 11.3. The van der Waals surface area contributed by atoms with Gasteiger partial charge >= 0.3 is 0 Å². The van der Waals surface area contributed by atoms with E-state index < -0.39 is 15.9 Å². The Morgan fingerprint density at radius 3 is 2.67 bits per heavy atom. The van der Waals surface area contributed by atoms with Crippen LogP contribution < -0.4 is 15.8 Å². The third-order valence-electron chi connectivity index (χ3n) is 3.97. The van der Waals surface area contributed by atoms with Gasteiger partial charge in [0.2, 0.25) is 10.0 Å². The summed E-state index contributed by atoms with van der Waals surface area (Å²) in [5.74, 6) is -0.396. The van der Waals surface area contributed by atoms with Gasteiger partial charge in [0.05, 0.1) is 11.1 Å². The van der Waals surface area contributed by atoms with E-state index >= 15 is 0 Å². The Morgan fingerprint density at radius 2 is 1.96 bits per heavy atom. The molecule has 1 amide bonds. The molecule has 0 aromatic heterocycles. The molecule has 2 aromatic carbocycles. The first-order chi connectivity index (χ1) is 11.3. The van der Waals surface area contributed by atoms with Gasteiger partial charge in [-0.25, -0.2) is 13.6 Å². The van der Waals surface area contributed by atoms with Crippen LogP contribution in [-0.4, -0.2) is 20.4 Å². The fourth-order valence-corrected chi connectivity index (χ4v) is 3.86. The van der Waals surface area contributed by atoms with Gasteiger partial charge in [-0.15, -0.1) is 0 Å². The molecule has 4 N–H and O–H groups in total. The van der Waals surface area contributed by atoms with E-state index in [4.69, 9.17) is 16.7 Å². The maximum atomic E-state index is 12.5. The summed E-state index contributed by atoms with van der Waals surface area (Å²) in [4.78, 5) is 12.3. The van der Waals surface area contributed by atoms with Crippen molar-refractivity contribution in [1.82, 2.24) is 5.32 Å². The van der Waals surface area contributed by atoms with Crippen LogP contribution in [0.1, 0.15) is 28.9 Å². The van der Waals surface area contributed by atoms with E-state index in [1.54, 1.807) is 0 Å². The topological polar surface area (TPSA) is 101 Å². The summed E-state index contributed by atoms with van der Waals surface area (Å²) in [6.07, 6.45) is 0. The van der Waals surface area contributed by atoms with E-state index in [-0.39, 0.29) is 27.6 Å². The van der Waals surface area contributed by atoms with E-state index in [9.17, 15) is 13.2 Å². The number of halogens is 1. The molecule has 8 heteroatoms. The standard InChI is InChI=1S/C16H16ClN3O3S/c1-9-15(11-4-2-3-5-13(11)19-9)20-16(21)10-6-7-12(17)14(8-10)24(18,22)23/h2-9,15,19H,1H3,(H,20,21)(H2,18,22,23)/t9-,15+/m1/s1. The third kappa shape index (κ3) is 3.10. The average Bonchev–Trinajstić information content (AvgIpc) is 2.82. The molecular formula is C16H16ClN3O3S. The van der Waals surface area contributed by atoms with Gasteiger partial charge in [-0.05, 0) is 36.8 Å². The van der Waals surface area contributed by atoms with Gasteiger partial charge < -0.3 is 10.6 Å². The minimum atomic E-state index is -4.00. The lowest BCUT2D eigenvalue weighted by Gasteiger charge is -2.18.